The van der Waals surface area contributed by atoms with Crippen LogP contribution in [0.5, 0.6) is 0 Å². The minimum absolute atomic E-state index is 0.340. The van der Waals surface area contributed by atoms with E-state index in [4.69, 9.17) is 0 Å². The molecule has 0 aliphatic heterocycles. The first-order valence-electron chi connectivity index (χ1n) is 7.41. The zero-order valence-electron chi connectivity index (χ0n) is 13.2. The number of benzene rings is 1. The molecule has 0 bridgehead atoms. The van der Waals surface area contributed by atoms with Crippen LogP contribution in [0.1, 0.15) is 55.8 Å². The van der Waals surface area contributed by atoms with Crippen LogP contribution in [0.3, 0.4) is 0 Å². The molecule has 0 aliphatic rings. The summed E-state index contributed by atoms with van der Waals surface area (Å²) in [6, 6.07) is 10.5. The van der Waals surface area contributed by atoms with Crippen molar-refractivity contribution in [2.75, 3.05) is 0 Å². The first-order valence-corrected chi connectivity index (χ1v) is 8.22. The fraction of sp³-hybridized carbons (Fsp3) is 0.353. The van der Waals surface area contributed by atoms with E-state index in [2.05, 4.69) is 56.0 Å². The maximum Gasteiger partial charge on any atom is 0.214 e. The molecule has 0 saturated carbocycles. The zero-order valence-corrected chi connectivity index (χ0v) is 14.0. The number of rotatable bonds is 3. The van der Waals surface area contributed by atoms with Gasteiger partial charge in [-0.3, -0.25) is 0 Å². The summed E-state index contributed by atoms with van der Waals surface area (Å²) in [4.78, 5) is 5.41. The number of hydrogen-bond acceptors (Lipinski definition) is 4. The Bertz CT molecular complexity index is 847. The van der Waals surface area contributed by atoms with E-state index in [1.165, 1.54) is 5.56 Å². The number of imidazole rings is 1. The predicted octanol–water partition coefficient (Wildman–Crippen LogP) is 4.58. The third-order valence-electron chi connectivity index (χ3n) is 3.67. The van der Waals surface area contributed by atoms with Crippen molar-refractivity contribution >= 4 is 16.3 Å². The molecule has 0 radical (unpaired) electrons. The highest BCUT2D eigenvalue weighted by Crippen LogP contribution is 2.29. The van der Waals surface area contributed by atoms with E-state index in [-0.39, 0.29) is 0 Å². The van der Waals surface area contributed by atoms with Crippen LogP contribution in [0.4, 0.5) is 0 Å². The number of fused-ring (bicyclic) bond motifs is 1. The fourth-order valence-corrected chi connectivity index (χ4v) is 3.22. The molecule has 1 aromatic carbocycles. The van der Waals surface area contributed by atoms with Gasteiger partial charge in [0, 0.05) is 11.5 Å². The topological polar surface area (TPSA) is 54.0 Å². The monoisotopic (exact) mass is 310 g/mol. The highest BCUT2D eigenvalue weighted by Gasteiger charge is 2.18. The molecule has 0 unspecified atom stereocenters. The summed E-state index contributed by atoms with van der Waals surface area (Å²) in [6.45, 7) is 8.52. The Morgan fingerprint density at radius 2 is 1.77 bits per heavy atom. The molecule has 2 heterocycles. The van der Waals surface area contributed by atoms with Gasteiger partial charge in [0.15, 0.2) is 5.69 Å². The smallest absolute Gasteiger partial charge is 0.214 e. The molecular weight excluding hydrogens is 292 g/mol. The van der Waals surface area contributed by atoms with E-state index in [1.54, 1.807) is 15.9 Å². The van der Waals surface area contributed by atoms with Gasteiger partial charge < -0.3 is 0 Å². The van der Waals surface area contributed by atoms with E-state index >= 15 is 0 Å². The zero-order chi connectivity index (χ0) is 15.9. The van der Waals surface area contributed by atoms with Crippen molar-refractivity contribution in [3.8, 4) is 17.3 Å². The molecule has 4 nitrogen and oxygen atoms in total. The largest absolute Gasteiger partial charge is 0.216 e. The lowest BCUT2D eigenvalue weighted by Gasteiger charge is -2.05. The molecule has 112 valence electrons. The minimum Gasteiger partial charge on any atom is -0.216 e. The molecule has 0 fully saturated rings. The second-order valence-electron chi connectivity index (χ2n) is 5.99. The molecule has 0 saturated heterocycles. The Morgan fingerprint density at radius 3 is 2.32 bits per heavy atom. The Balaban J connectivity index is 2.11. The summed E-state index contributed by atoms with van der Waals surface area (Å²) in [6.07, 6.45) is 0. The number of nitrogens with zero attached hydrogens (tertiary/aromatic N) is 4. The van der Waals surface area contributed by atoms with Gasteiger partial charge in [-0.1, -0.05) is 63.3 Å². The second-order valence-corrected chi connectivity index (χ2v) is 6.97. The van der Waals surface area contributed by atoms with Crippen LogP contribution in [0.15, 0.2) is 24.3 Å². The summed E-state index contributed by atoms with van der Waals surface area (Å²) in [7, 11) is 0. The Kier molecular flexibility index (Phi) is 3.71. The molecule has 0 aliphatic carbocycles. The van der Waals surface area contributed by atoms with Gasteiger partial charge in [0.25, 0.3) is 0 Å². The van der Waals surface area contributed by atoms with Gasteiger partial charge in [-0.05, 0) is 11.5 Å². The van der Waals surface area contributed by atoms with Crippen LogP contribution in [-0.4, -0.2) is 14.6 Å². The summed E-state index contributed by atoms with van der Waals surface area (Å²) < 4.78 is 1.67. The normalized spacial score (nSPS) is 11.5. The standard InChI is InChI=1S/C17H18N4S/c1-10(2)12-5-7-13(8-6-12)15-14(9-18)21-17(19-15)22-16(20-21)11(3)4/h5-8,10-11H,1-4H3. The number of nitriles is 1. The van der Waals surface area contributed by atoms with Crippen molar-refractivity contribution in [2.24, 2.45) is 0 Å². The average Bonchev–Trinajstić information content (AvgIpc) is 3.04. The summed E-state index contributed by atoms with van der Waals surface area (Å²) >= 11 is 1.55. The van der Waals surface area contributed by atoms with Crippen molar-refractivity contribution in [2.45, 2.75) is 39.5 Å². The van der Waals surface area contributed by atoms with Crippen LogP contribution in [-0.2, 0) is 0 Å². The van der Waals surface area contributed by atoms with E-state index in [9.17, 15) is 5.26 Å². The van der Waals surface area contributed by atoms with Crippen molar-refractivity contribution in [1.82, 2.24) is 14.6 Å². The Hall–Kier alpha value is -2.19. The molecule has 3 rings (SSSR count). The maximum atomic E-state index is 9.51. The SMILES string of the molecule is CC(C)c1ccc(-c2nc3sc(C(C)C)nn3c2C#N)cc1. The van der Waals surface area contributed by atoms with Gasteiger partial charge in [-0.15, -0.1) is 0 Å². The van der Waals surface area contributed by atoms with E-state index in [1.807, 2.05) is 12.1 Å². The van der Waals surface area contributed by atoms with E-state index in [0.29, 0.717) is 23.2 Å². The van der Waals surface area contributed by atoms with Gasteiger partial charge in [0.2, 0.25) is 4.96 Å². The minimum atomic E-state index is 0.340. The molecule has 0 atom stereocenters. The molecule has 0 N–H and O–H groups in total. The first-order chi connectivity index (χ1) is 10.5. The van der Waals surface area contributed by atoms with Gasteiger partial charge in [0.1, 0.15) is 16.8 Å². The molecule has 0 amide bonds. The molecular formula is C17H18N4S. The van der Waals surface area contributed by atoms with Crippen LogP contribution in [0.2, 0.25) is 0 Å². The highest BCUT2D eigenvalue weighted by molar-refractivity contribution is 7.16. The number of aromatic nitrogens is 3. The van der Waals surface area contributed by atoms with E-state index in [0.717, 1.165) is 15.5 Å². The van der Waals surface area contributed by atoms with Crippen LogP contribution >= 0.6 is 11.3 Å². The fourth-order valence-electron chi connectivity index (χ4n) is 2.32. The van der Waals surface area contributed by atoms with Crippen LogP contribution in [0.25, 0.3) is 16.2 Å². The third kappa shape index (κ3) is 2.40. The Labute approximate surface area is 134 Å². The second kappa shape index (κ2) is 5.54. The quantitative estimate of drug-likeness (QED) is 0.711. The highest BCUT2D eigenvalue weighted by atomic mass is 32.1. The Morgan fingerprint density at radius 1 is 1.09 bits per heavy atom. The summed E-state index contributed by atoms with van der Waals surface area (Å²) in [5.74, 6) is 0.831. The van der Waals surface area contributed by atoms with Gasteiger partial charge in [0.05, 0.1) is 0 Å². The lowest BCUT2D eigenvalue weighted by Crippen LogP contribution is -1.94. The van der Waals surface area contributed by atoms with E-state index < -0.39 is 0 Å². The summed E-state index contributed by atoms with van der Waals surface area (Å²) in [5.41, 5.74) is 3.47. The van der Waals surface area contributed by atoms with Crippen molar-refractivity contribution in [3.05, 3.63) is 40.5 Å². The van der Waals surface area contributed by atoms with Crippen LogP contribution in [0, 0.1) is 11.3 Å². The third-order valence-corrected chi connectivity index (χ3v) is 4.88. The molecule has 3 aromatic rings. The molecule has 5 heteroatoms. The maximum absolute atomic E-state index is 9.51. The molecule has 2 aromatic heterocycles. The van der Waals surface area contributed by atoms with Gasteiger partial charge >= 0.3 is 0 Å². The van der Waals surface area contributed by atoms with Crippen molar-refractivity contribution in [3.63, 3.8) is 0 Å². The first kappa shape index (κ1) is 14.7. The van der Waals surface area contributed by atoms with Crippen LogP contribution < -0.4 is 0 Å². The predicted molar refractivity (Wildman–Crippen MR) is 89.2 cm³/mol. The van der Waals surface area contributed by atoms with Gasteiger partial charge in [-0.2, -0.15) is 14.9 Å². The van der Waals surface area contributed by atoms with Gasteiger partial charge in [-0.25, -0.2) is 4.98 Å². The van der Waals surface area contributed by atoms with Crippen molar-refractivity contribution in [1.29, 1.82) is 5.26 Å². The summed E-state index contributed by atoms with van der Waals surface area (Å²) in [5, 5.41) is 15.0. The lowest BCUT2D eigenvalue weighted by molar-refractivity contribution is 0.798. The molecule has 22 heavy (non-hydrogen) atoms. The molecule has 0 spiro atoms. The average molecular weight is 310 g/mol. The van der Waals surface area contributed by atoms with Crippen molar-refractivity contribution < 1.29 is 0 Å². The lowest BCUT2D eigenvalue weighted by atomic mass is 10.0. The number of hydrogen-bond donors (Lipinski definition) is 0.